The van der Waals surface area contributed by atoms with Crippen molar-refractivity contribution < 1.29 is 4.42 Å². The van der Waals surface area contributed by atoms with Crippen molar-refractivity contribution in [1.82, 2.24) is 0 Å². The summed E-state index contributed by atoms with van der Waals surface area (Å²) < 4.78 is 8.61. The van der Waals surface area contributed by atoms with E-state index in [2.05, 4.69) is 30.5 Å². The molecule has 1 atom stereocenters. The number of hydrogen-bond acceptors (Lipinski definition) is 4. The Balaban J connectivity index is 1.90. The summed E-state index contributed by atoms with van der Waals surface area (Å²) in [5, 5.41) is 3.26. The first kappa shape index (κ1) is 13.1. The molecule has 1 unspecified atom stereocenters. The molecule has 4 heteroatoms. The molecule has 3 heterocycles. The summed E-state index contributed by atoms with van der Waals surface area (Å²) >= 11 is 3.55. The van der Waals surface area contributed by atoms with Crippen LogP contribution in [-0.4, -0.2) is 0 Å². The molecule has 0 amide bonds. The summed E-state index contributed by atoms with van der Waals surface area (Å²) in [7, 11) is 0. The van der Waals surface area contributed by atoms with Gasteiger partial charge in [0.15, 0.2) is 0 Å². The van der Waals surface area contributed by atoms with Crippen molar-refractivity contribution in [3.05, 3.63) is 58.0 Å². The highest BCUT2D eigenvalue weighted by atomic mass is 32.1. The quantitative estimate of drug-likeness (QED) is 0.556. The molecule has 0 aliphatic carbocycles. The van der Waals surface area contributed by atoms with Gasteiger partial charge in [-0.1, -0.05) is 25.1 Å². The van der Waals surface area contributed by atoms with Gasteiger partial charge in [0.05, 0.1) is 6.04 Å². The van der Waals surface area contributed by atoms with Crippen LogP contribution >= 0.6 is 22.7 Å². The van der Waals surface area contributed by atoms with E-state index in [1.807, 2.05) is 18.2 Å². The standard InChI is InChI=1S/C17H15NOS2/c1-2-11-16(10-5-3-4-6-12(10)19-11)17(18)15-9-14-13(21-15)7-8-20-14/h3-9,17H,2,18H2,1H3. The first-order valence-corrected chi connectivity index (χ1v) is 8.70. The number of thiophene rings is 2. The Labute approximate surface area is 130 Å². The molecule has 0 aliphatic heterocycles. The third-order valence-corrected chi connectivity index (χ3v) is 5.98. The summed E-state index contributed by atoms with van der Waals surface area (Å²) in [5.74, 6) is 1.00. The zero-order valence-electron chi connectivity index (χ0n) is 11.6. The summed E-state index contributed by atoms with van der Waals surface area (Å²) in [5.41, 5.74) is 8.65. The molecule has 1 aromatic carbocycles. The molecule has 0 radical (unpaired) electrons. The van der Waals surface area contributed by atoms with E-state index in [0.717, 1.165) is 28.7 Å². The zero-order valence-corrected chi connectivity index (χ0v) is 13.3. The van der Waals surface area contributed by atoms with Crippen LogP contribution in [0.5, 0.6) is 0 Å². The van der Waals surface area contributed by atoms with E-state index in [1.165, 1.54) is 14.3 Å². The van der Waals surface area contributed by atoms with Crippen LogP contribution in [0.15, 0.2) is 46.2 Å². The molecule has 0 spiro atoms. The van der Waals surface area contributed by atoms with Crippen LogP contribution in [0.25, 0.3) is 20.4 Å². The first-order valence-electron chi connectivity index (χ1n) is 7.00. The number of hydrogen-bond donors (Lipinski definition) is 1. The van der Waals surface area contributed by atoms with Crippen LogP contribution in [0, 0.1) is 0 Å². The molecule has 3 aromatic heterocycles. The van der Waals surface area contributed by atoms with Crippen molar-refractivity contribution in [2.24, 2.45) is 5.73 Å². The van der Waals surface area contributed by atoms with E-state index >= 15 is 0 Å². The number of benzene rings is 1. The monoisotopic (exact) mass is 313 g/mol. The topological polar surface area (TPSA) is 39.2 Å². The normalized spacial score (nSPS) is 13.2. The SMILES string of the molecule is CCc1oc2ccccc2c1C(N)c1cc2sccc2s1. The van der Waals surface area contributed by atoms with Gasteiger partial charge in [0, 0.05) is 31.6 Å². The molecular formula is C17H15NOS2. The number of rotatable bonds is 3. The van der Waals surface area contributed by atoms with Gasteiger partial charge in [-0.3, -0.25) is 0 Å². The minimum absolute atomic E-state index is 0.117. The van der Waals surface area contributed by atoms with Crippen molar-refractivity contribution in [3.63, 3.8) is 0 Å². The molecule has 0 aliphatic rings. The minimum Gasteiger partial charge on any atom is -0.461 e. The zero-order chi connectivity index (χ0) is 14.4. The van der Waals surface area contributed by atoms with Gasteiger partial charge in [-0.05, 0) is 23.6 Å². The van der Waals surface area contributed by atoms with E-state index in [4.69, 9.17) is 10.2 Å². The van der Waals surface area contributed by atoms with Crippen LogP contribution in [0.4, 0.5) is 0 Å². The van der Waals surface area contributed by atoms with Crippen molar-refractivity contribution in [3.8, 4) is 0 Å². The lowest BCUT2D eigenvalue weighted by Gasteiger charge is -2.10. The summed E-state index contributed by atoms with van der Waals surface area (Å²) in [6.07, 6.45) is 0.859. The fourth-order valence-corrected chi connectivity index (χ4v) is 4.93. The van der Waals surface area contributed by atoms with Gasteiger partial charge in [-0.2, -0.15) is 0 Å². The highest BCUT2D eigenvalue weighted by Crippen LogP contribution is 2.39. The Morgan fingerprint density at radius 3 is 2.86 bits per heavy atom. The number of nitrogens with two attached hydrogens (primary N) is 1. The second-order valence-electron chi connectivity index (χ2n) is 5.06. The van der Waals surface area contributed by atoms with Gasteiger partial charge in [0.2, 0.25) is 0 Å². The van der Waals surface area contributed by atoms with Crippen LogP contribution in [0.3, 0.4) is 0 Å². The number of furan rings is 1. The number of para-hydroxylation sites is 1. The van der Waals surface area contributed by atoms with Gasteiger partial charge in [-0.15, -0.1) is 22.7 Å². The van der Waals surface area contributed by atoms with E-state index in [1.54, 1.807) is 22.7 Å². The van der Waals surface area contributed by atoms with Crippen molar-refractivity contribution in [1.29, 1.82) is 0 Å². The Morgan fingerprint density at radius 1 is 1.19 bits per heavy atom. The van der Waals surface area contributed by atoms with Crippen molar-refractivity contribution >= 4 is 43.0 Å². The predicted octanol–water partition coefficient (Wildman–Crippen LogP) is 5.32. The molecule has 0 bridgehead atoms. The van der Waals surface area contributed by atoms with Gasteiger partial charge in [0.1, 0.15) is 11.3 Å². The van der Waals surface area contributed by atoms with E-state index in [9.17, 15) is 0 Å². The molecular weight excluding hydrogens is 298 g/mol. The van der Waals surface area contributed by atoms with E-state index < -0.39 is 0 Å². The second kappa shape index (κ2) is 4.98. The van der Waals surface area contributed by atoms with Gasteiger partial charge in [0.25, 0.3) is 0 Å². The van der Waals surface area contributed by atoms with Crippen LogP contribution in [0.2, 0.25) is 0 Å². The van der Waals surface area contributed by atoms with Crippen LogP contribution < -0.4 is 5.73 Å². The molecule has 0 saturated carbocycles. The first-order chi connectivity index (χ1) is 10.3. The molecule has 106 valence electrons. The fraction of sp³-hybridized carbons (Fsp3) is 0.176. The smallest absolute Gasteiger partial charge is 0.134 e. The molecule has 2 N–H and O–H groups in total. The average molecular weight is 313 g/mol. The van der Waals surface area contributed by atoms with E-state index in [-0.39, 0.29) is 6.04 Å². The maximum Gasteiger partial charge on any atom is 0.134 e. The number of aryl methyl sites for hydroxylation is 1. The van der Waals surface area contributed by atoms with Crippen molar-refractivity contribution in [2.75, 3.05) is 0 Å². The van der Waals surface area contributed by atoms with Crippen molar-refractivity contribution in [2.45, 2.75) is 19.4 Å². The van der Waals surface area contributed by atoms with Gasteiger partial charge < -0.3 is 10.2 Å². The van der Waals surface area contributed by atoms with E-state index in [0.29, 0.717) is 0 Å². The Bertz CT molecular complexity index is 887. The highest BCUT2D eigenvalue weighted by Gasteiger charge is 2.21. The Morgan fingerprint density at radius 2 is 2.05 bits per heavy atom. The molecule has 21 heavy (non-hydrogen) atoms. The maximum atomic E-state index is 6.58. The molecule has 4 rings (SSSR count). The molecule has 4 aromatic rings. The third kappa shape index (κ3) is 2.02. The van der Waals surface area contributed by atoms with Gasteiger partial charge in [-0.25, -0.2) is 0 Å². The van der Waals surface area contributed by atoms with Gasteiger partial charge >= 0.3 is 0 Å². The second-order valence-corrected chi connectivity index (χ2v) is 7.13. The predicted molar refractivity (Wildman–Crippen MR) is 91.3 cm³/mol. The fourth-order valence-electron chi connectivity index (χ4n) is 2.80. The highest BCUT2D eigenvalue weighted by molar-refractivity contribution is 7.27. The number of fused-ring (bicyclic) bond motifs is 2. The lowest BCUT2D eigenvalue weighted by Crippen LogP contribution is -2.11. The maximum absolute atomic E-state index is 6.58. The summed E-state index contributed by atoms with van der Waals surface area (Å²) in [4.78, 5) is 1.21. The lowest BCUT2D eigenvalue weighted by atomic mass is 10.0. The Hall–Kier alpha value is -1.62. The molecule has 0 fully saturated rings. The Kier molecular flexibility index (Phi) is 3.10. The molecule has 0 saturated heterocycles. The third-order valence-electron chi connectivity index (χ3n) is 3.81. The summed E-state index contributed by atoms with van der Waals surface area (Å²) in [6, 6.07) is 12.4. The summed E-state index contributed by atoms with van der Waals surface area (Å²) in [6.45, 7) is 2.11. The molecule has 2 nitrogen and oxygen atoms in total. The van der Waals surface area contributed by atoms with Crippen LogP contribution in [0.1, 0.15) is 29.2 Å². The lowest BCUT2D eigenvalue weighted by molar-refractivity contribution is 0.547. The van der Waals surface area contributed by atoms with Crippen LogP contribution in [-0.2, 0) is 6.42 Å². The average Bonchev–Trinajstić information content (AvgIpc) is 3.17. The largest absolute Gasteiger partial charge is 0.461 e. The minimum atomic E-state index is -0.117.